The summed E-state index contributed by atoms with van der Waals surface area (Å²) in [7, 11) is 0. The lowest BCUT2D eigenvalue weighted by Crippen LogP contribution is -2.16. The van der Waals surface area contributed by atoms with Crippen LogP contribution in [0.4, 0.5) is 18.9 Å². The number of anilines is 1. The number of benzene rings is 1. The molecule has 0 saturated carbocycles. The first kappa shape index (κ1) is 20.5. The maximum absolute atomic E-state index is 12.8. The van der Waals surface area contributed by atoms with Gasteiger partial charge in [0.05, 0.1) is 17.0 Å². The molecule has 1 N–H and O–H groups in total. The zero-order valence-corrected chi connectivity index (χ0v) is 16.3. The maximum Gasteiger partial charge on any atom is 0.433 e. The van der Waals surface area contributed by atoms with Crippen LogP contribution in [-0.2, 0) is 12.6 Å². The quantitative estimate of drug-likeness (QED) is 0.622. The van der Waals surface area contributed by atoms with Gasteiger partial charge in [-0.3, -0.25) is 9.78 Å². The number of halogens is 3. The van der Waals surface area contributed by atoms with E-state index in [0.717, 1.165) is 40.9 Å². The number of rotatable bonds is 4. The number of hydrogen-bond acceptors (Lipinski definition) is 3. The molecule has 150 valence electrons. The largest absolute Gasteiger partial charge is 0.433 e. The van der Waals surface area contributed by atoms with Crippen LogP contribution in [0.3, 0.4) is 0 Å². The van der Waals surface area contributed by atoms with Crippen molar-refractivity contribution in [2.24, 2.45) is 0 Å². The molecular formula is C22H20F3N3O. The average molecular weight is 399 g/mol. The van der Waals surface area contributed by atoms with E-state index in [-0.39, 0.29) is 11.3 Å². The van der Waals surface area contributed by atoms with Crippen LogP contribution >= 0.6 is 0 Å². The first-order valence-corrected chi connectivity index (χ1v) is 9.11. The van der Waals surface area contributed by atoms with Gasteiger partial charge in [-0.1, -0.05) is 13.0 Å². The smallest absolute Gasteiger partial charge is 0.322 e. The summed E-state index contributed by atoms with van der Waals surface area (Å²) in [6.45, 7) is 5.39. The summed E-state index contributed by atoms with van der Waals surface area (Å²) in [6, 6.07) is 11.3. The number of pyridine rings is 2. The van der Waals surface area contributed by atoms with Crippen LogP contribution in [-0.4, -0.2) is 15.9 Å². The van der Waals surface area contributed by atoms with Crippen LogP contribution in [0.5, 0.6) is 0 Å². The van der Waals surface area contributed by atoms with E-state index in [2.05, 4.69) is 22.2 Å². The summed E-state index contributed by atoms with van der Waals surface area (Å²) >= 11 is 0. The molecule has 0 saturated heterocycles. The van der Waals surface area contributed by atoms with Crippen molar-refractivity contribution < 1.29 is 18.0 Å². The fraction of sp³-hybridized carbons (Fsp3) is 0.227. The molecule has 2 heterocycles. The monoisotopic (exact) mass is 399 g/mol. The summed E-state index contributed by atoms with van der Waals surface area (Å²) in [5.74, 6) is -0.520. The van der Waals surface area contributed by atoms with Crippen molar-refractivity contribution in [3.8, 4) is 11.3 Å². The third-order valence-electron chi connectivity index (χ3n) is 4.62. The van der Waals surface area contributed by atoms with Gasteiger partial charge in [0.15, 0.2) is 0 Å². The molecule has 0 aliphatic heterocycles. The van der Waals surface area contributed by atoms with Crippen LogP contribution in [0.1, 0.15) is 39.8 Å². The molecule has 7 heteroatoms. The first-order valence-electron chi connectivity index (χ1n) is 9.11. The van der Waals surface area contributed by atoms with Gasteiger partial charge in [0.2, 0.25) is 0 Å². The third-order valence-corrected chi connectivity index (χ3v) is 4.62. The van der Waals surface area contributed by atoms with Gasteiger partial charge in [-0.05, 0) is 67.8 Å². The molecule has 2 aromatic heterocycles. The van der Waals surface area contributed by atoms with Crippen molar-refractivity contribution in [3.63, 3.8) is 0 Å². The Bertz CT molecular complexity index is 1060. The Labute approximate surface area is 166 Å². The molecule has 1 amide bonds. The number of carbonyl (C=O) groups excluding carboxylic acids is 1. The molecule has 0 spiro atoms. The van der Waals surface area contributed by atoms with E-state index >= 15 is 0 Å². The number of nitrogens with one attached hydrogen (secondary N) is 1. The predicted molar refractivity (Wildman–Crippen MR) is 106 cm³/mol. The number of carbonyl (C=O) groups is 1. The Morgan fingerprint density at radius 2 is 1.83 bits per heavy atom. The van der Waals surface area contributed by atoms with Crippen LogP contribution in [0, 0.1) is 13.8 Å². The molecule has 4 nitrogen and oxygen atoms in total. The molecular weight excluding hydrogens is 379 g/mol. The lowest BCUT2D eigenvalue weighted by molar-refractivity contribution is -0.141. The van der Waals surface area contributed by atoms with Crippen molar-refractivity contribution >= 4 is 11.6 Å². The molecule has 0 radical (unpaired) electrons. The summed E-state index contributed by atoms with van der Waals surface area (Å²) < 4.78 is 38.3. The summed E-state index contributed by atoms with van der Waals surface area (Å²) in [5.41, 5.74) is 3.43. The number of hydrogen-bond donors (Lipinski definition) is 1. The van der Waals surface area contributed by atoms with E-state index in [1.165, 1.54) is 6.92 Å². The zero-order valence-electron chi connectivity index (χ0n) is 16.3. The Kier molecular flexibility index (Phi) is 5.68. The molecule has 0 unspecified atom stereocenters. The second-order valence-corrected chi connectivity index (χ2v) is 6.71. The van der Waals surface area contributed by atoms with E-state index in [4.69, 9.17) is 0 Å². The number of aryl methyl sites for hydroxylation is 3. The van der Waals surface area contributed by atoms with Crippen LogP contribution in [0.15, 0.2) is 48.7 Å². The summed E-state index contributed by atoms with van der Waals surface area (Å²) in [5, 5.41) is 2.74. The van der Waals surface area contributed by atoms with E-state index in [9.17, 15) is 18.0 Å². The van der Waals surface area contributed by atoms with Gasteiger partial charge < -0.3 is 5.32 Å². The van der Waals surface area contributed by atoms with Crippen LogP contribution < -0.4 is 5.32 Å². The van der Waals surface area contributed by atoms with Crippen LogP contribution in [0.25, 0.3) is 11.3 Å². The average Bonchev–Trinajstić information content (AvgIpc) is 2.68. The molecule has 29 heavy (non-hydrogen) atoms. The second-order valence-electron chi connectivity index (χ2n) is 6.71. The number of amides is 1. The Morgan fingerprint density at radius 1 is 1.07 bits per heavy atom. The SMILES string of the molecule is CCc1ccnc(-c2cc(NC(=O)c3ccc(C(F)(F)F)nc3C)ccc2C)c1. The van der Waals surface area contributed by atoms with Crippen molar-refractivity contribution in [1.82, 2.24) is 9.97 Å². The highest BCUT2D eigenvalue weighted by atomic mass is 19.4. The summed E-state index contributed by atoms with van der Waals surface area (Å²) in [4.78, 5) is 20.5. The highest BCUT2D eigenvalue weighted by molar-refractivity contribution is 6.05. The molecule has 0 atom stereocenters. The highest BCUT2D eigenvalue weighted by Gasteiger charge is 2.33. The highest BCUT2D eigenvalue weighted by Crippen LogP contribution is 2.29. The van der Waals surface area contributed by atoms with Gasteiger partial charge in [-0.15, -0.1) is 0 Å². The van der Waals surface area contributed by atoms with Gasteiger partial charge in [-0.25, -0.2) is 4.98 Å². The van der Waals surface area contributed by atoms with Gasteiger partial charge in [0, 0.05) is 17.4 Å². The molecule has 1 aromatic carbocycles. The van der Waals surface area contributed by atoms with E-state index in [1.807, 2.05) is 31.2 Å². The van der Waals surface area contributed by atoms with Gasteiger partial charge in [0.25, 0.3) is 5.91 Å². The standard InChI is InChI=1S/C22H20F3N3O/c1-4-15-9-10-26-19(11-15)18-12-16(6-5-13(18)2)28-21(29)17-7-8-20(22(23,24)25)27-14(17)3/h5-12H,4H2,1-3H3,(H,28,29). The van der Waals surface area contributed by atoms with Crippen LogP contribution in [0.2, 0.25) is 0 Å². The molecule has 0 aliphatic rings. The topological polar surface area (TPSA) is 54.9 Å². The van der Waals surface area contributed by atoms with Crippen molar-refractivity contribution in [3.05, 3.63) is 76.7 Å². The molecule has 0 fully saturated rings. The minimum atomic E-state index is -4.55. The van der Waals surface area contributed by atoms with Gasteiger partial charge in [0.1, 0.15) is 5.69 Å². The zero-order chi connectivity index (χ0) is 21.2. The van der Waals surface area contributed by atoms with Gasteiger partial charge >= 0.3 is 6.18 Å². The molecule has 3 rings (SSSR count). The minimum Gasteiger partial charge on any atom is -0.322 e. The number of nitrogens with zero attached hydrogens (tertiary/aromatic N) is 2. The van der Waals surface area contributed by atoms with Crippen molar-refractivity contribution in [2.45, 2.75) is 33.4 Å². The van der Waals surface area contributed by atoms with Crippen molar-refractivity contribution in [2.75, 3.05) is 5.32 Å². The first-order chi connectivity index (χ1) is 13.7. The minimum absolute atomic E-state index is 0.0157. The molecule has 3 aromatic rings. The Hall–Kier alpha value is -3.22. The second kappa shape index (κ2) is 8.03. The Morgan fingerprint density at radius 3 is 2.48 bits per heavy atom. The lowest BCUT2D eigenvalue weighted by Gasteiger charge is -2.12. The number of alkyl halides is 3. The predicted octanol–water partition coefficient (Wildman–Crippen LogP) is 5.59. The van der Waals surface area contributed by atoms with E-state index < -0.39 is 17.8 Å². The Balaban J connectivity index is 1.88. The normalized spacial score (nSPS) is 11.4. The number of aromatic nitrogens is 2. The van der Waals surface area contributed by atoms with E-state index in [0.29, 0.717) is 5.69 Å². The fourth-order valence-corrected chi connectivity index (χ4v) is 2.97. The molecule has 0 aliphatic carbocycles. The van der Waals surface area contributed by atoms with Gasteiger partial charge in [-0.2, -0.15) is 13.2 Å². The fourth-order valence-electron chi connectivity index (χ4n) is 2.97. The van der Waals surface area contributed by atoms with E-state index in [1.54, 1.807) is 12.3 Å². The van der Waals surface area contributed by atoms with Crippen molar-refractivity contribution in [1.29, 1.82) is 0 Å². The summed E-state index contributed by atoms with van der Waals surface area (Å²) in [6.07, 6.45) is -1.92. The molecule has 0 bridgehead atoms. The third kappa shape index (κ3) is 4.62. The lowest BCUT2D eigenvalue weighted by atomic mass is 10.0. The maximum atomic E-state index is 12.8.